The number of nitrogens with zero attached hydrogens (tertiary/aromatic N) is 5. The molecule has 3 heterocycles. The van der Waals surface area contributed by atoms with E-state index in [1.165, 1.54) is 12.4 Å². The number of hydrogen-bond acceptors (Lipinski definition) is 8. The molecule has 0 radical (unpaired) electrons. The van der Waals surface area contributed by atoms with E-state index in [9.17, 15) is 0 Å². The normalized spacial score (nSPS) is 18.6. The average Bonchev–Trinajstić information content (AvgIpc) is 3.33. The van der Waals surface area contributed by atoms with Crippen LogP contribution in [0.25, 0.3) is 11.4 Å². The molecule has 0 unspecified atom stereocenters. The Hall–Kier alpha value is -3.51. The molecule has 3 aromatic rings. The molecule has 9 heteroatoms. The molecule has 3 aromatic heterocycles. The molecule has 0 spiro atoms. The molecule has 28 heavy (non-hydrogen) atoms. The van der Waals surface area contributed by atoms with Crippen molar-refractivity contribution in [2.45, 2.75) is 38.3 Å². The fourth-order valence-corrected chi connectivity index (χ4v) is 3.18. The minimum Gasteiger partial charge on any atom is -0.488 e. The van der Waals surface area contributed by atoms with E-state index in [1.807, 2.05) is 31.2 Å². The van der Waals surface area contributed by atoms with E-state index in [0.717, 1.165) is 30.7 Å². The summed E-state index contributed by atoms with van der Waals surface area (Å²) in [5.41, 5.74) is 8.56. The Labute approximate surface area is 162 Å². The summed E-state index contributed by atoms with van der Waals surface area (Å²) in [5.74, 6) is 1.76. The van der Waals surface area contributed by atoms with Crippen LogP contribution in [0.3, 0.4) is 0 Å². The van der Waals surface area contributed by atoms with Gasteiger partial charge in [-0.25, -0.2) is 15.0 Å². The quantitative estimate of drug-likeness (QED) is 0.617. The smallest absolute Gasteiger partial charge is 0.158 e. The summed E-state index contributed by atoms with van der Waals surface area (Å²) in [6.07, 6.45) is 5.75. The van der Waals surface area contributed by atoms with Crippen molar-refractivity contribution < 1.29 is 4.74 Å². The average molecular weight is 376 g/mol. The van der Waals surface area contributed by atoms with Gasteiger partial charge in [-0.05, 0) is 38.3 Å². The molecule has 1 aliphatic rings. The van der Waals surface area contributed by atoms with Gasteiger partial charge in [-0.2, -0.15) is 10.4 Å². The summed E-state index contributed by atoms with van der Waals surface area (Å²) in [5, 5.41) is 19.1. The number of ether oxygens (including phenoxy) is 1. The molecule has 0 aliphatic heterocycles. The SMILES string of the molecule is Cc1ccc(O[C@H]2CC[C@@H](N)C2)c(-c2cc(Nc3cnc(C#N)cn3)n[nH]2)n1. The van der Waals surface area contributed by atoms with Gasteiger partial charge in [0.2, 0.25) is 0 Å². The van der Waals surface area contributed by atoms with Crippen molar-refractivity contribution in [3.8, 4) is 23.2 Å². The summed E-state index contributed by atoms with van der Waals surface area (Å²) >= 11 is 0. The van der Waals surface area contributed by atoms with Crippen LogP contribution in [0.4, 0.5) is 11.6 Å². The van der Waals surface area contributed by atoms with Crippen LogP contribution in [0.2, 0.25) is 0 Å². The first-order valence-corrected chi connectivity index (χ1v) is 9.05. The molecule has 0 saturated heterocycles. The molecule has 9 nitrogen and oxygen atoms in total. The lowest BCUT2D eigenvalue weighted by Crippen LogP contribution is -2.19. The van der Waals surface area contributed by atoms with Gasteiger partial charge < -0.3 is 15.8 Å². The van der Waals surface area contributed by atoms with Crippen LogP contribution < -0.4 is 15.8 Å². The molecule has 4 N–H and O–H groups in total. The first kappa shape index (κ1) is 17.9. The van der Waals surface area contributed by atoms with Gasteiger partial charge in [-0.3, -0.25) is 5.10 Å². The number of nitrogens with one attached hydrogen (secondary N) is 2. The van der Waals surface area contributed by atoms with Gasteiger partial charge in [0, 0.05) is 17.8 Å². The number of aromatic amines is 1. The van der Waals surface area contributed by atoms with Crippen LogP contribution in [0.1, 0.15) is 30.7 Å². The first-order valence-electron chi connectivity index (χ1n) is 9.05. The minimum absolute atomic E-state index is 0.104. The highest BCUT2D eigenvalue weighted by atomic mass is 16.5. The molecule has 2 atom stereocenters. The maximum atomic E-state index is 8.80. The second-order valence-electron chi connectivity index (χ2n) is 6.80. The Bertz CT molecular complexity index is 1010. The second-order valence-corrected chi connectivity index (χ2v) is 6.80. The first-order chi connectivity index (χ1) is 13.6. The summed E-state index contributed by atoms with van der Waals surface area (Å²) in [7, 11) is 0. The van der Waals surface area contributed by atoms with Gasteiger partial charge in [0.25, 0.3) is 0 Å². The van der Waals surface area contributed by atoms with Crippen LogP contribution in [0, 0.1) is 18.3 Å². The van der Waals surface area contributed by atoms with Crippen molar-refractivity contribution in [1.82, 2.24) is 25.1 Å². The van der Waals surface area contributed by atoms with Crippen molar-refractivity contribution in [3.63, 3.8) is 0 Å². The molecular formula is C19H20N8O. The number of aryl methyl sites for hydroxylation is 1. The third kappa shape index (κ3) is 3.92. The van der Waals surface area contributed by atoms with Gasteiger partial charge in [0.15, 0.2) is 11.5 Å². The summed E-state index contributed by atoms with van der Waals surface area (Å²) in [6.45, 7) is 1.93. The molecular weight excluding hydrogens is 356 g/mol. The second kappa shape index (κ2) is 7.62. The van der Waals surface area contributed by atoms with E-state index >= 15 is 0 Å². The van der Waals surface area contributed by atoms with E-state index in [2.05, 4.69) is 30.5 Å². The van der Waals surface area contributed by atoms with E-state index in [0.29, 0.717) is 23.1 Å². The lowest BCUT2D eigenvalue weighted by Gasteiger charge is -2.16. The minimum atomic E-state index is 0.104. The summed E-state index contributed by atoms with van der Waals surface area (Å²) < 4.78 is 6.18. The Balaban J connectivity index is 1.55. The van der Waals surface area contributed by atoms with Crippen LogP contribution >= 0.6 is 0 Å². The Kier molecular flexibility index (Phi) is 4.87. The van der Waals surface area contributed by atoms with Gasteiger partial charge in [0.05, 0.1) is 18.1 Å². The fraction of sp³-hybridized carbons (Fsp3) is 0.316. The topological polar surface area (TPSA) is 138 Å². The third-order valence-corrected chi connectivity index (χ3v) is 4.57. The van der Waals surface area contributed by atoms with Crippen LogP contribution in [0.15, 0.2) is 30.6 Å². The Morgan fingerprint density at radius 3 is 2.86 bits per heavy atom. The van der Waals surface area contributed by atoms with Crippen LogP contribution in [-0.4, -0.2) is 37.3 Å². The number of nitrogens with two attached hydrogens (primary N) is 1. The van der Waals surface area contributed by atoms with Crippen molar-refractivity contribution in [2.75, 3.05) is 5.32 Å². The molecule has 0 aromatic carbocycles. The zero-order chi connectivity index (χ0) is 19.5. The highest BCUT2D eigenvalue weighted by molar-refractivity contribution is 5.67. The van der Waals surface area contributed by atoms with Crippen LogP contribution in [0.5, 0.6) is 5.75 Å². The lowest BCUT2D eigenvalue weighted by atomic mass is 10.2. The number of pyridine rings is 1. The van der Waals surface area contributed by atoms with Gasteiger partial charge in [-0.15, -0.1) is 0 Å². The lowest BCUT2D eigenvalue weighted by molar-refractivity contribution is 0.208. The molecule has 0 bridgehead atoms. The van der Waals surface area contributed by atoms with Crippen LogP contribution in [-0.2, 0) is 0 Å². The zero-order valence-corrected chi connectivity index (χ0v) is 15.4. The van der Waals surface area contributed by atoms with Crippen molar-refractivity contribution in [3.05, 3.63) is 42.0 Å². The number of anilines is 2. The van der Waals surface area contributed by atoms with Gasteiger partial charge >= 0.3 is 0 Å². The third-order valence-electron chi connectivity index (χ3n) is 4.57. The molecule has 0 amide bonds. The number of aromatic nitrogens is 5. The summed E-state index contributed by atoms with van der Waals surface area (Å²) in [4.78, 5) is 12.7. The maximum absolute atomic E-state index is 8.80. The standard InChI is InChI=1S/C19H20N8O/c1-11-2-5-16(28-14-4-3-12(21)6-14)19(24-11)15-7-17(27-26-15)25-18-10-22-13(8-20)9-23-18/h2,5,7,9-10,12,14H,3-4,6,21H2,1H3,(H2,23,25,26,27)/t12-,14+/m1/s1. The Morgan fingerprint density at radius 1 is 1.25 bits per heavy atom. The molecule has 1 fully saturated rings. The fourth-order valence-electron chi connectivity index (χ4n) is 3.18. The number of nitriles is 1. The number of H-pyrrole nitrogens is 1. The highest BCUT2D eigenvalue weighted by Gasteiger charge is 2.25. The van der Waals surface area contributed by atoms with E-state index in [1.54, 1.807) is 0 Å². The highest BCUT2D eigenvalue weighted by Crippen LogP contribution is 2.32. The predicted octanol–water partition coefficient (Wildman–Crippen LogP) is 2.44. The Morgan fingerprint density at radius 2 is 2.14 bits per heavy atom. The van der Waals surface area contributed by atoms with Gasteiger partial charge in [0.1, 0.15) is 29.4 Å². The van der Waals surface area contributed by atoms with E-state index in [-0.39, 0.29) is 17.8 Å². The van der Waals surface area contributed by atoms with Crippen molar-refractivity contribution >= 4 is 11.6 Å². The maximum Gasteiger partial charge on any atom is 0.158 e. The molecule has 1 aliphatic carbocycles. The van der Waals surface area contributed by atoms with E-state index < -0.39 is 0 Å². The summed E-state index contributed by atoms with van der Waals surface area (Å²) in [6, 6.07) is 7.82. The monoisotopic (exact) mass is 376 g/mol. The predicted molar refractivity (Wildman–Crippen MR) is 103 cm³/mol. The molecule has 4 rings (SSSR count). The zero-order valence-electron chi connectivity index (χ0n) is 15.4. The molecule has 142 valence electrons. The number of hydrogen-bond donors (Lipinski definition) is 3. The molecule has 1 saturated carbocycles. The van der Waals surface area contributed by atoms with Gasteiger partial charge in [-0.1, -0.05) is 0 Å². The van der Waals surface area contributed by atoms with Crippen molar-refractivity contribution in [2.24, 2.45) is 5.73 Å². The van der Waals surface area contributed by atoms with Crippen molar-refractivity contribution in [1.29, 1.82) is 5.26 Å². The largest absolute Gasteiger partial charge is 0.488 e. The number of rotatable bonds is 5. The van der Waals surface area contributed by atoms with E-state index in [4.69, 9.17) is 15.7 Å².